The van der Waals surface area contributed by atoms with Gasteiger partial charge in [-0.05, 0) is 17.7 Å². The van der Waals surface area contributed by atoms with Gasteiger partial charge in [0.2, 0.25) is 5.96 Å². The topological polar surface area (TPSA) is 80.9 Å². The fraction of sp³-hybridized carbons (Fsp3) is 0.417. The van der Waals surface area contributed by atoms with E-state index in [1.54, 1.807) is 14.2 Å². The predicted molar refractivity (Wildman–Crippen MR) is 72.3 cm³/mol. The Labute approximate surface area is 107 Å². The van der Waals surface area contributed by atoms with Crippen LogP contribution >= 0.6 is 0 Å². The van der Waals surface area contributed by atoms with Crippen molar-refractivity contribution >= 4 is 11.6 Å². The number of anilines is 1. The van der Waals surface area contributed by atoms with Crippen LogP contribution in [0.4, 0.5) is 5.69 Å². The molecule has 100 valence electrons. The number of hydrazine groups is 1. The second-order valence-electron chi connectivity index (χ2n) is 3.63. The Morgan fingerprint density at radius 3 is 2.83 bits per heavy atom. The van der Waals surface area contributed by atoms with E-state index < -0.39 is 0 Å². The summed E-state index contributed by atoms with van der Waals surface area (Å²) in [5, 5.41) is 3.09. The molecule has 6 heteroatoms. The number of nitrogens with one attached hydrogen (secondary N) is 2. The summed E-state index contributed by atoms with van der Waals surface area (Å²) in [7, 11) is 3.30. The summed E-state index contributed by atoms with van der Waals surface area (Å²) >= 11 is 0. The molecule has 0 spiro atoms. The van der Waals surface area contributed by atoms with Crippen molar-refractivity contribution in [1.82, 2.24) is 5.43 Å². The van der Waals surface area contributed by atoms with Gasteiger partial charge in [0.1, 0.15) is 0 Å². The number of rotatable bonds is 6. The number of guanidine groups is 1. The zero-order valence-electron chi connectivity index (χ0n) is 10.8. The third kappa shape index (κ3) is 5.13. The maximum absolute atomic E-state index is 5.39. The molecule has 0 bridgehead atoms. The van der Waals surface area contributed by atoms with Crippen LogP contribution in [0.15, 0.2) is 29.3 Å². The smallest absolute Gasteiger partial charge is 0.210 e. The summed E-state index contributed by atoms with van der Waals surface area (Å²) in [5.41, 5.74) is 4.49. The van der Waals surface area contributed by atoms with Crippen LogP contribution in [0.2, 0.25) is 0 Å². The van der Waals surface area contributed by atoms with Gasteiger partial charge in [-0.15, -0.1) is 0 Å². The normalized spacial score (nSPS) is 11.4. The van der Waals surface area contributed by atoms with Crippen LogP contribution in [0.25, 0.3) is 0 Å². The second kappa shape index (κ2) is 8.46. The number of nitrogens with zero attached hydrogens (tertiary/aromatic N) is 1. The number of benzene rings is 1. The Hall–Kier alpha value is -1.63. The van der Waals surface area contributed by atoms with Gasteiger partial charge in [-0.1, -0.05) is 12.1 Å². The van der Waals surface area contributed by atoms with E-state index in [2.05, 4.69) is 15.7 Å². The summed E-state index contributed by atoms with van der Waals surface area (Å²) in [6.07, 6.45) is 0. The number of hydrogen-bond acceptors (Lipinski definition) is 4. The molecule has 4 N–H and O–H groups in total. The molecule has 1 rings (SSSR count). The van der Waals surface area contributed by atoms with Crippen molar-refractivity contribution in [3.8, 4) is 0 Å². The molecule has 0 amide bonds. The van der Waals surface area contributed by atoms with Gasteiger partial charge in [-0.2, -0.15) is 0 Å². The average molecular weight is 252 g/mol. The van der Waals surface area contributed by atoms with Gasteiger partial charge in [-0.25, -0.2) is 10.8 Å². The van der Waals surface area contributed by atoms with E-state index in [1.807, 2.05) is 24.3 Å². The molecule has 18 heavy (non-hydrogen) atoms. The van der Waals surface area contributed by atoms with Gasteiger partial charge in [0.15, 0.2) is 0 Å². The lowest BCUT2D eigenvalue weighted by Gasteiger charge is -2.10. The van der Waals surface area contributed by atoms with E-state index in [1.165, 1.54) is 0 Å². The van der Waals surface area contributed by atoms with Crippen molar-refractivity contribution in [2.45, 2.75) is 6.61 Å². The Morgan fingerprint density at radius 1 is 1.33 bits per heavy atom. The van der Waals surface area contributed by atoms with E-state index >= 15 is 0 Å². The van der Waals surface area contributed by atoms with Crippen molar-refractivity contribution in [3.63, 3.8) is 0 Å². The van der Waals surface area contributed by atoms with Gasteiger partial charge >= 0.3 is 0 Å². The molecule has 0 fully saturated rings. The molecule has 1 aromatic carbocycles. The summed E-state index contributed by atoms with van der Waals surface area (Å²) in [6, 6.07) is 7.85. The summed E-state index contributed by atoms with van der Waals surface area (Å²) in [4.78, 5) is 4.22. The standard InChI is InChI=1S/C12H20N4O2/c1-17-7-6-14-12(16-13)15-11-5-3-4-10(8-11)9-18-2/h3-5,8H,6-7,9,13H2,1-2H3,(H2,14,15,16). The van der Waals surface area contributed by atoms with Crippen LogP contribution in [0, 0.1) is 0 Å². The molecule has 0 aromatic heterocycles. The highest BCUT2D eigenvalue weighted by Gasteiger charge is 1.99. The van der Waals surface area contributed by atoms with Crippen molar-refractivity contribution in [1.29, 1.82) is 0 Å². The molecule has 0 heterocycles. The van der Waals surface area contributed by atoms with Gasteiger partial charge < -0.3 is 14.8 Å². The van der Waals surface area contributed by atoms with E-state index in [-0.39, 0.29) is 0 Å². The average Bonchev–Trinajstić information content (AvgIpc) is 2.38. The third-order valence-corrected chi connectivity index (χ3v) is 2.20. The first-order valence-electron chi connectivity index (χ1n) is 5.65. The largest absolute Gasteiger partial charge is 0.383 e. The van der Waals surface area contributed by atoms with Crippen LogP contribution < -0.4 is 16.6 Å². The highest BCUT2D eigenvalue weighted by Crippen LogP contribution is 2.11. The summed E-state index contributed by atoms with van der Waals surface area (Å²) in [6.45, 7) is 1.67. The van der Waals surface area contributed by atoms with E-state index in [9.17, 15) is 0 Å². The number of aliphatic imine (C=N–C) groups is 1. The molecule has 0 aliphatic rings. The molecule has 0 saturated heterocycles. The number of hydrogen-bond donors (Lipinski definition) is 3. The SMILES string of the molecule is COCCN=C(NN)Nc1cccc(COC)c1. The minimum atomic E-state index is 0.501. The first-order chi connectivity index (χ1) is 8.80. The highest BCUT2D eigenvalue weighted by molar-refractivity contribution is 5.93. The Bertz CT molecular complexity index is 382. The van der Waals surface area contributed by atoms with E-state index in [0.29, 0.717) is 25.7 Å². The monoisotopic (exact) mass is 252 g/mol. The minimum Gasteiger partial charge on any atom is -0.383 e. The van der Waals surface area contributed by atoms with E-state index in [4.69, 9.17) is 15.3 Å². The van der Waals surface area contributed by atoms with Crippen LogP contribution in [0.5, 0.6) is 0 Å². The molecule has 0 saturated carbocycles. The number of nitrogens with two attached hydrogens (primary N) is 1. The Morgan fingerprint density at radius 2 is 2.17 bits per heavy atom. The summed E-state index contributed by atoms with van der Waals surface area (Å²) in [5.74, 6) is 5.89. The van der Waals surface area contributed by atoms with Crippen LogP contribution in [-0.2, 0) is 16.1 Å². The molecule has 0 aliphatic heterocycles. The first kappa shape index (κ1) is 14.4. The molecule has 0 atom stereocenters. The Balaban J connectivity index is 2.63. The van der Waals surface area contributed by atoms with Crippen molar-refractivity contribution in [2.24, 2.45) is 10.8 Å². The van der Waals surface area contributed by atoms with Crippen molar-refractivity contribution < 1.29 is 9.47 Å². The molecular weight excluding hydrogens is 232 g/mol. The molecule has 0 unspecified atom stereocenters. The molecule has 1 aromatic rings. The summed E-state index contributed by atoms with van der Waals surface area (Å²) < 4.78 is 10.00. The lowest BCUT2D eigenvalue weighted by molar-refractivity contribution is 0.185. The van der Waals surface area contributed by atoms with Gasteiger partial charge in [0.25, 0.3) is 0 Å². The van der Waals surface area contributed by atoms with Crippen molar-refractivity contribution in [3.05, 3.63) is 29.8 Å². The lowest BCUT2D eigenvalue weighted by Crippen LogP contribution is -2.36. The molecule has 6 nitrogen and oxygen atoms in total. The van der Waals surface area contributed by atoms with Crippen molar-refractivity contribution in [2.75, 3.05) is 32.7 Å². The van der Waals surface area contributed by atoms with Gasteiger partial charge in [0, 0.05) is 19.9 Å². The lowest BCUT2D eigenvalue weighted by atomic mass is 10.2. The quantitative estimate of drug-likeness (QED) is 0.228. The molecule has 0 radical (unpaired) electrons. The zero-order chi connectivity index (χ0) is 13.2. The first-order valence-corrected chi connectivity index (χ1v) is 5.65. The fourth-order valence-electron chi connectivity index (χ4n) is 1.41. The maximum atomic E-state index is 5.39. The van der Waals surface area contributed by atoms with Gasteiger partial charge in [-0.3, -0.25) is 5.43 Å². The third-order valence-electron chi connectivity index (χ3n) is 2.20. The predicted octanol–water partition coefficient (Wildman–Crippen LogP) is 0.711. The molecule has 0 aliphatic carbocycles. The second-order valence-corrected chi connectivity index (χ2v) is 3.63. The van der Waals surface area contributed by atoms with Crippen LogP contribution in [0.3, 0.4) is 0 Å². The van der Waals surface area contributed by atoms with E-state index in [0.717, 1.165) is 11.3 Å². The van der Waals surface area contributed by atoms with Gasteiger partial charge in [0.05, 0.1) is 19.8 Å². The minimum absolute atomic E-state index is 0.501. The Kier molecular flexibility index (Phi) is 6.78. The maximum Gasteiger partial charge on any atom is 0.210 e. The fourth-order valence-corrected chi connectivity index (χ4v) is 1.41. The zero-order valence-corrected chi connectivity index (χ0v) is 10.8. The van der Waals surface area contributed by atoms with Crippen LogP contribution in [0.1, 0.15) is 5.56 Å². The number of ether oxygens (including phenoxy) is 2. The highest BCUT2D eigenvalue weighted by atomic mass is 16.5. The number of methoxy groups -OCH3 is 2. The molecular formula is C12H20N4O2. The van der Waals surface area contributed by atoms with Crippen LogP contribution in [-0.4, -0.2) is 33.3 Å².